The summed E-state index contributed by atoms with van der Waals surface area (Å²) in [7, 11) is 3.47. The third kappa shape index (κ3) is 4.70. The van der Waals surface area contributed by atoms with Crippen molar-refractivity contribution in [2.45, 2.75) is 6.54 Å². The molecule has 0 aliphatic carbocycles. The van der Waals surface area contributed by atoms with Crippen LogP contribution in [0.15, 0.2) is 42.5 Å². The van der Waals surface area contributed by atoms with Gasteiger partial charge < -0.3 is 9.80 Å². The van der Waals surface area contributed by atoms with E-state index in [1.807, 2.05) is 12.1 Å². The van der Waals surface area contributed by atoms with Crippen LogP contribution in [0.25, 0.3) is 0 Å². The number of nitriles is 1. The van der Waals surface area contributed by atoms with Crippen molar-refractivity contribution in [1.82, 2.24) is 9.80 Å². The van der Waals surface area contributed by atoms with Crippen molar-refractivity contribution in [3.8, 4) is 6.07 Å². The lowest BCUT2D eigenvalue weighted by Gasteiger charge is -2.34. The van der Waals surface area contributed by atoms with E-state index in [4.69, 9.17) is 5.26 Å². The molecule has 0 atom stereocenters. The summed E-state index contributed by atoms with van der Waals surface area (Å²) in [4.78, 5) is 29.4. The molecule has 1 aliphatic rings. The molecule has 3 rings (SSSR count). The van der Waals surface area contributed by atoms with Crippen LogP contribution in [0.5, 0.6) is 0 Å². The zero-order valence-corrected chi connectivity index (χ0v) is 16.5. The minimum absolute atomic E-state index is 0.0692. The lowest BCUT2D eigenvalue weighted by atomic mass is 10.1. The highest BCUT2D eigenvalue weighted by atomic mass is 16.6. The lowest BCUT2D eigenvalue weighted by Crippen LogP contribution is -2.48. The largest absolute Gasteiger partial charge is 0.372 e. The predicted molar refractivity (Wildman–Crippen MR) is 110 cm³/mol. The van der Waals surface area contributed by atoms with Gasteiger partial charge in [0.15, 0.2) is 0 Å². The van der Waals surface area contributed by atoms with E-state index in [2.05, 4.69) is 11.0 Å². The van der Waals surface area contributed by atoms with Crippen LogP contribution < -0.4 is 4.90 Å². The average Bonchev–Trinajstić information content (AvgIpc) is 2.73. The molecule has 150 valence electrons. The second kappa shape index (κ2) is 8.71. The first kappa shape index (κ1) is 20.3. The summed E-state index contributed by atoms with van der Waals surface area (Å²) in [6.07, 6.45) is 0. The third-order valence-electron chi connectivity index (χ3n) is 5.05. The number of piperazine rings is 1. The first-order valence-electron chi connectivity index (χ1n) is 9.35. The van der Waals surface area contributed by atoms with Crippen LogP contribution >= 0.6 is 0 Å². The van der Waals surface area contributed by atoms with E-state index in [1.165, 1.54) is 6.07 Å². The molecule has 1 saturated heterocycles. The Morgan fingerprint density at radius 3 is 2.34 bits per heavy atom. The number of anilines is 1. The molecule has 1 amide bonds. The van der Waals surface area contributed by atoms with Crippen molar-refractivity contribution in [3.63, 3.8) is 0 Å². The first-order valence-corrected chi connectivity index (χ1v) is 9.35. The number of carbonyl (C=O) groups excluding carboxylic acids is 1. The Bertz CT molecular complexity index is 942. The minimum Gasteiger partial charge on any atom is -0.372 e. The third-order valence-corrected chi connectivity index (χ3v) is 5.05. The molecule has 0 aromatic heterocycles. The molecule has 2 aromatic rings. The maximum atomic E-state index is 12.8. The minimum atomic E-state index is -0.457. The molecule has 29 heavy (non-hydrogen) atoms. The zero-order valence-electron chi connectivity index (χ0n) is 16.5. The van der Waals surface area contributed by atoms with Crippen LogP contribution in [-0.2, 0) is 6.54 Å². The quantitative estimate of drug-likeness (QED) is 0.572. The highest BCUT2D eigenvalue weighted by Crippen LogP contribution is 2.28. The van der Waals surface area contributed by atoms with E-state index < -0.39 is 4.92 Å². The fraction of sp³-hybridized carbons (Fsp3) is 0.333. The molecule has 0 radical (unpaired) electrons. The normalized spacial score (nSPS) is 14.3. The van der Waals surface area contributed by atoms with Crippen LogP contribution in [0, 0.1) is 21.4 Å². The van der Waals surface area contributed by atoms with E-state index >= 15 is 0 Å². The highest BCUT2D eigenvalue weighted by Gasteiger charge is 2.25. The van der Waals surface area contributed by atoms with Crippen LogP contribution in [0.3, 0.4) is 0 Å². The average molecular weight is 393 g/mol. The van der Waals surface area contributed by atoms with E-state index in [-0.39, 0.29) is 11.6 Å². The standard InChI is InChI=1S/C21H23N5O3/c1-23(2)19-8-7-18(13-20(19)26(28)29)21(27)25-11-9-24(10-12-25)15-17-5-3-16(14-22)4-6-17/h3-8,13H,9-12,15H2,1-2H3. The van der Waals surface area contributed by atoms with Gasteiger partial charge in [-0.25, -0.2) is 0 Å². The molecule has 0 saturated carbocycles. The summed E-state index contributed by atoms with van der Waals surface area (Å²) in [6.45, 7) is 3.35. The Kier molecular flexibility index (Phi) is 6.10. The highest BCUT2D eigenvalue weighted by molar-refractivity contribution is 5.95. The lowest BCUT2D eigenvalue weighted by molar-refractivity contribution is -0.384. The van der Waals surface area contributed by atoms with Crippen molar-refractivity contribution in [1.29, 1.82) is 5.26 Å². The number of hydrogen-bond donors (Lipinski definition) is 0. The van der Waals surface area contributed by atoms with E-state index in [1.54, 1.807) is 48.2 Å². The number of nitro benzene ring substituents is 1. The molecule has 8 heteroatoms. The Morgan fingerprint density at radius 1 is 1.14 bits per heavy atom. The van der Waals surface area contributed by atoms with Gasteiger partial charge in [-0.2, -0.15) is 5.26 Å². The predicted octanol–water partition coefficient (Wildman–Crippen LogP) is 2.49. The van der Waals surface area contributed by atoms with Gasteiger partial charge in [0.2, 0.25) is 0 Å². The van der Waals surface area contributed by atoms with Crippen LogP contribution in [0.2, 0.25) is 0 Å². The van der Waals surface area contributed by atoms with Gasteiger partial charge in [0.05, 0.1) is 16.6 Å². The maximum absolute atomic E-state index is 12.8. The van der Waals surface area contributed by atoms with Crippen molar-refractivity contribution >= 4 is 17.3 Å². The Morgan fingerprint density at radius 2 is 1.79 bits per heavy atom. The molecule has 2 aromatic carbocycles. The fourth-order valence-corrected chi connectivity index (χ4v) is 3.42. The Hall–Kier alpha value is -3.44. The Labute approximate surface area is 169 Å². The van der Waals surface area contributed by atoms with Crippen LogP contribution in [-0.4, -0.2) is 60.9 Å². The maximum Gasteiger partial charge on any atom is 0.293 e. The molecule has 8 nitrogen and oxygen atoms in total. The number of nitrogens with zero attached hydrogens (tertiary/aromatic N) is 5. The molecule has 1 heterocycles. The van der Waals surface area contributed by atoms with E-state index in [9.17, 15) is 14.9 Å². The van der Waals surface area contributed by atoms with Crippen molar-refractivity contribution in [2.24, 2.45) is 0 Å². The van der Waals surface area contributed by atoms with Crippen molar-refractivity contribution in [2.75, 3.05) is 45.2 Å². The molecule has 1 aliphatic heterocycles. The van der Waals surface area contributed by atoms with Gasteiger partial charge in [-0.05, 0) is 29.8 Å². The number of nitro groups is 1. The monoisotopic (exact) mass is 393 g/mol. The van der Waals surface area contributed by atoms with E-state index in [0.717, 1.165) is 25.2 Å². The van der Waals surface area contributed by atoms with Gasteiger partial charge >= 0.3 is 0 Å². The summed E-state index contributed by atoms with van der Waals surface area (Å²) in [6, 6.07) is 14.2. The molecule has 1 fully saturated rings. The summed E-state index contributed by atoms with van der Waals surface area (Å²) in [5, 5.41) is 20.2. The van der Waals surface area contributed by atoms with Gasteiger partial charge in [0.25, 0.3) is 11.6 Å². The number of benzene rings is 2. The molecule has 0 bridgehead atoms. The topological polar surface area (TPSA) is 93.7 Å². The summed E-state index contributed by atoms with van der Waals surface area (Å²) in [5.41, 5.74) is 2.50. The number of carbonyl (C=O) groups is 1. The summed E-state index contributed by atoms with van der Waals surface area (Å²) >= 11 is 0. The first-order chi connectivity index (χ1) is 13.9. The molecule has 0 spiro atoms. The number of rotatable bonds is 5. The van der Waals surface area contributed by atoms with Gasteiger partial charge in [-0.3, -0.25) is 19.8 Å². The summed E-state index contributed by atoms with van der Waals surface area (Å²) in [5.74, 6) is -0.184. The smallest absolute Gasteiger partial charge is 0.293 e. The van der Waals surface area contributed by atoms with Crippen LogP contribution in [0.4, 0.5) is 11.4 Å². The van der Waals surface area contributed by atoms with Gasteiger partial charge in [-0.15, -0.1) is 0 Å². The van der Waals surface area contributed by atoms with E-state index in [0.29, 0.717) is 29.9 Å². The molecular formula is C21H23N5O3. The van der Waals surface area contributed by atoms with Crippen molar-refractivity contribution < 1.29 is 9.72 Å². The second-order valence-corrected chi connectivity index (χ2v) is 7.23. The molecular weight excluding hydrogens is 370 g/mol. The second-order valence-electron chi connectivity index (χ2n) is 7.23. The Balaban J connectivity index is 1.63. The van der Waals surface area contributed by atoms with Gasteiger partial charge in [-0.1, -0.05) is 12.1 Å². The van der Waals surface area contributed by atoms with Gasteiger partial charge in [0, 0.05) is 58.4 Å². The van der Waals surface area contributed by atoms with Crippen molar-refractivity contribution in [3.05, 3.63) is 69.3 Å². The number of hydrogen-bond acceptors (Lipinski definition) is 6. The molecule has 0 N–H and O–H groups in total. The van der Waals surface area contributed by atoms with Gasteiger partial charge in [0.1, 0.15) is 5.69 Å². The molecule has 0 unspecified atom stereocenters. The SMILES string of the molecule is CN(C)c1ccc(C(=O)N2CCN(Cc3ccc(C#N)cc3)CC2)cc1[N+](=O)[O-]. The summed E-state index contributed by atoms with van der Waals surface area (Å²) < 4.78 is 0. The zero-order chi connectivity index (χ0) is 21.0. The van der Waals surface area contributed by atoms with Crippen LogP contribution in [0.1, 0.15) is 21.5 Å². The number of amides is 1. The fourth-order valence-electron chi connectivity index (χ4n) is 3.42.